The number of aromatic carboxylic acids is 1. The minimum Gasteiger partial charge on any atom is -0.481 e. The van der Waals surface area contributed by atoms with Gasteiger partial charge in [0.15, 0.2) is 0 Å². The van der Waals surface area contributed by atoms with Crippen molar-refractivity contribution in [1.29, 1.82) is 5.41 Å². The Hall–Kier alpha value is -5.97. The van der Waals surface area contributed by atoms with E-state index in [4.69, 9.17) is 22.0 Å². The Labute approximate surface area is 264 Å². The van der Waals surface area contributed by atoms with Crippen LogP contribution in [0.3, 0.4) is 0 Å². The predicted molar refractivity (Wildman–Crippen MR) is 174 cm³/mol. The lowest BCUT2D eigenvalue weighted by atomic mass is 9.68. The number of rotatable bonds is 10. The fourth-order valence-electron chi connectivity index (χ4n) is 5.98. The molecule has 4 aromatic carbocycles. The molecule has 2 amide bonds. The summed E-state index contributed by atoms with van der Waals surface area (Å²) in [4.78, 5) is 47.9. The highest BCUT2D eigenvalue weighted by molar-refractivity contribution is 6.02. The number of primary amides is 1. The van der Waals surface area contributed by atoms with Crippen molar-refractivity contribution in [3.63, 3.8) is 0 Å². The molecule has 0 radical (unpaired) electrons. The van der Waals surface area contributed by atoms with E-state index in [2.05, 4.69) is 17.6 Å². The van der Waals surface area contributed by atoms with Crippen molar-refractivity contribution < 1.29 is 29.4 Å². The average Bonchev–Trinajstić information content (AvgIpc) is 3.03. The Morgan fingerprint density at radius 1 is 0.913 bits per heavy atom. The monoisotopic (exact) mass is 619 g/mol. The summed E-state index contributed by atoms with van der Waals surface area (Å²) >= 11 is 0. The summed E-state index contributed by atoms with van der Waals surface area (Å²) in [6.07, 6.45) is -0.0649. The van der Waals surface area contributed by atoms with Gasteiger partial charge in [0, 0.05) is 34.3 Å². The number of nitrogens with two attached hydrogens (primary N) is 2. The first kappa shape index (κ1) is 31.5. The third kappa shape index (κ3) is 6.43. The van der Waals surface area contributed by atoms with Gasteiger partial charge in [-0.2, -0.15) is 0 Å². The average molecular weight is 620 g/mol. The Kier molecular flexibility index (Phi) is 8.59. The van der Waals surface area contributed by atoms with Gasteiger partial charge < -0.3 is 32.3 Å². The van der Waals surface area contributed by atoms with E-state index in [0.717, 1.165) is 22.4 Å². The highest BCUT2D eigenvalue weighted by atomic mass is 16.4. The molecule has 1 aliphatic heterocycles. The molecular weight excluding hydrogens is 586 g/mol. The van der Waals surface area contributed by atoms with Crippen molar-refractivity contribution in [2.75, 3.05) is 10.6 Å². The molecule has 0 bridgehead atoms. The molecular formula is C35H33N5O6. The third-order valence-electron chi connectivity index (χ3n) is 8.33. The van der Waals surface area contributed by atoms with Crippen LogP contribution in [0.1, 0.15) is 75.2 Å². The number of carbonyl (C=O) groups excluding carboxylic acids is 2. The highest BCUT2D eigenvalue weighted by Gasteiger charge is 2.39. The number of nitrogen functional groups attached to an aromatic ring is 1. The number of anilines is 2. The van der Waals surface area contributed by atoms with Gasteiger partial charge in [-0.05, 0) is 82.8 Å². The zero-order chi connectivity index (χ0) is 33.2. The van der Waals surface area contributed by atoms with Crippen LogP contribution < -0.4 is 22.1 Å². The molecule has 9 N–H and O–H groups in total. The molecule has 0 fully saturated rings. The van der Waals surface area contributed by atoms with Crippen molar-refractivity contribution >= 4 is 41.0 Å². The number of carboxylic acids is 2. The molecule has 46 heavy (non-hydrogen) atoms. The maximum absolute atomic E-state index is 12.7. The minimum atomic E-state index is -1.27. The smallest absolute Gasteiger partial charge is 0.336 e. The summed E-state index contributed by atoms with van der Waals surface area (Å²) in [5, 5.41) is 33.5. The standard InChI is InChI=1S/C35H33N5O6/c1-35(23-5-3-2-4-6-23)18-29(40-28-10-8-19(32(36)37)17-27(28)35)22-13-21(14-24(15-22)39-30(41)11-12-31(42)43)25-9-7-20(33(38)44)16-26(25)34(45)46/h2-10,13-17,29,40H,11-12,18H2,1H3,(H3,36,37)(H2,38,44)(H,39,41)(H,42,43)(H,45,46). The summed E-state index contributed by atoms with van der Waals surface area (Å²) < 4.78 is 0. The molecule has 4 aromatic rings. The second-order valence-electron chi connectivity index (χ2n) is 11.5. The highest BCUT2D eigenvalue weighted by Crippen LogP contribution is 2.49. The first-order valence-corrected chi connectivity index (χ1v) is 14.5. The SMILES string of the molecule is CC1(c2ccccc2)CC(c2cc(NC(=O)CCC(=O)O)cc(-c3ccc(C(N)=O)cc3C(=O)O)c2)Nc2ccc(C(=N)N)cc21. The molecule has 11 nitrogen and oxygen atoms in total. The van der Waals surface area contributed by atoms with Gasteiger partial charge in [-0.3, -0.25) is 19.8 Å². The Bertz CT molecular complexity index is 1890. The maximum atomic E-state index is 12.7. The Morgan fingerprint density at radius 3 is 2.28 bits per heavy atom. The molecule has 0 aliphatic carbocycles. The van der Waals surface area contributed by atoms with Crippen LogP contribution in [0.15, 0.2) is 84.9 Å². The van der Waals surface area contributed by atoms with E-state index in [9.17, 15) is 24.3 Å². The second-order valence-corrected chi connectivity index (χ2v) is 11.5. The summed E-state index contributed by atoms with van der Waals surface area (Å²) in [6.45, 7) is 2.11. The molecule has 0 aromatic heterocycles. The summed E-state index contributed by atoms with van der Waals surface area (Å²) in [7, 11) is 0. The van der Waals surface area contributed by atoms with Gasteiger partial charge in [-0.25, -0.2) is 4.79 Å². The van der Waals surface area contributed by atoms with Crippen LogP contribution in [0.2, 0.25) is 0 Å². The molecule has 1 heterocycles. The van der Waals surface area contributed by atoms with E-state index < -0.39 is 29.2 Å². The van der Waals surface area contributed by atoms with Crippen LogP contribution in [-0.4, -0.2) is 39.8 Å². The van der Waals surface area contributed by atoms with E-state index in [1.165, 1.54) is 18.2 Å². The molecule has 0 saturated heterocycles. The fraction of sp³-hybridized carbons (Fsp3) is 0.171. The molecule has 0 saturated carbocycles. The van der Waals surface area contributed by atoms with E-state index in [0.29, 0.717) is 28.8 Å². The van der Waals surface area contributed by atoms with Crippen molar-refractivity contribution in [3.8, 4) is 11.1 Å². The molecule has 1 aliphatic rings. The number of aliphatic carboxylic acids is 1. The summed E-state index contributed by atoms with van der Waals surface area (Å²) in [5.41, 5.74) is 15.8. The van der Waals surface area contributed by atoms with E-state index in [-0.39, 0.29) is 35.8 Å². The number of hydrogen-bond acceptors (Lipinski definition) is 6. The maximum Gasteiger partial charge on any atom is 0.336 e. The predicted octanol–water partition coefficient (Wildman–Crippen LogP) is 5.10. The van der Waals surface area contributed by atoms with Crippen LogP contribution in [-0.2, 0) is 15.0 Å². The van der Waals surface area contributed by atoms with Gasteiger partial charge in [-0.1, -0.05) is 43.3 Å². The van der Waals surface area contributed by atoms with Gasteiger partial charge in [0.25, 0.3) is 0 Å². The van der Waals surface area contributed by atoms with Gasteiger partial charge in [-0.15, -0.1) is 0 Å². The Morgan fingerprint density at radius 2 is 1.63 bits per heavy atom. The van der Waals surface area contributed by atoms with Crippen LogP contribution in [0.25, 0.3) is 11.1 Å². The number of hydrogen-bond donors (Lipinski definition) is 7. The van der Waals surface area contributed by atoms with E-state index >= 15 is 0 Å². The minimum absolute atomic E-state index is 0.0358. The van der Waals surface area contributed by atoms with Crippen molar-refractivity contribution in [3.05, 3.63) is 118 Å². The van der Waals surface area contributed by atoms with Gasteiger partial charge >= 0.3 is 11.9 Å². The van der Waals surface area contributed by atoms with Crippen LogP contribution in [0.5, 0.6) is 0 Å². The summed E-state index contributed by atoms with van der Waals surface area (Å²) in [6, 6.07) is 24.5. The number of carboxylic acid groups (broad SMARTS) is 2. The topological polar surface area (TPSA) is 209 Å². The van der Waals surface area contributed by atoms with Gasteiger partial charge in [0.1, 0.15) is 5.84 Å². The largest absolute Gasteiger partial charge is 0.481 e. The molecule has 2 unspecified atom stereocenters. The van der Waals surface area contributed by atoms with Crippen LogP contribution in [0.4, 0.5) is 11.4 Å². The van der Waals surface area contributed by atoms with Crippen LogP contribution in [0, 0.1) is 5.41 Å². The number of amidine groups is 1. The lowest BCUT2D eigenvalue weighted by Gasteiger charge is -2.42. The third-order valence-corrected chi connectivity index (χ3v) is 8.33. The lowest BCUT2D eigenvalue weighted by Crippen LogP contribution is -2.35. The molecule has 2 atom stereocenters. The summed E-state index contributed by atoms with van der Waals surface area (Å²) in [5.74, 6) is -3.71. The zero-order valence-corrected chi connectivity index (χ0v) is 25.0. The lowest BCUT2D eigenvalue weighted by molar-refractivity contribution is -0.138. The van der Waals surface area contributed by atoms with E-state index in [1.807, 2.05) is 48.5 Å². The first-order valence-electron chi connectivity index (χ1n) is 14.5. The van der Waals surface area contributed by atoms with E-state index in [1.54, 1.807) is 18.2 Å². The number of benzene rings is 4. The first-order chi connectivity index (χ1) is 21.9. The molecule has 11 heteroatoms. The number of carbonyl (C=O) groups is 4. The second kappa shape index (κ2) is 12.6. The molecule has 0 spiro atoms. The Balaban J connectivity index is 1.66. The zero-order valence-electron chi connectivity index (χ0n) is 25.0. The molecule has 5 rings (SSSR count). The number of fused-ring (bicyclic) bond motifs is 1. The van der Waals surface area contributed by atoms with Gasteiger partial charge in [0.2, 0.25) is 11.8 Å². The van der Waals surface area contributed by atoms with Crippen molar-refractivity contribution in [2.45, 2.75) is 37.6 Å². The van der Waals surface area contributed by atoms with Crippen LogP contribution >= 0.6 is 0 Å². The van der Waals surface area contributed by atoms with Crippen molar-refractivity contribution in [1.82, 2.24) is 0 Å². The molecule has 234 valence electrons. The number of amides is 2. The van der Waals surface area contributed by atoms with Gasteiger partial charge in [0.05, 0.1) is 18.0 Å². The normalized spacial score (nSPS) is 16.8. The van der Waals surface area contributed by atoms with Crippen molar-refractivity contribution in [2.24, 2.45) is 11.5 Å². The number of nitrogens with one attached hydrogen (secondary N) is 3. The fourth-order valence-corrected chi connectivity index (χ4v) is 5.98. The quantitative estimate of drug-likeness (QED) is 0.0935.